The average molecular weight is 485 g/mol. The van der Waals surface area contributed by atoms with Crippen LogP contribution >= 0.6 is 11.8 Å². The predicted octanol–water partition coefficient (Wildman–Crippen LogP) is 4.87. The highest BCUT2D eigenvalue weighted by Crippen LogP contribution is 2.21. The number of hydrogen-bond donors (Lipinski definition) is 2. The highest BCUT2D eigenvalue weighted by Gasteiger charge is 2.16. The van der Waals surface area contributed by atoms with Gasteiger partial charge in [-0.1, -0.05) is 54.2 Å². The first-order valence-corrected chi connectivity index (χ1v) is 11.9. The van der Waals surface area contributed by atoms with E-state index in [0.717, 1.165) is 17.3 Å². The molecule has 2 N–H and O–H groups in total. The zero-order chi connectivity index (χ0) is 24.8. The summed E-state index contributed by atoms with van der Waals surface area (Å²) in [6.45, 7) is 5.94. The van der Waals surface area contributed by atoms with Gasteiger partial charge in [0.2, 0.25) is 5.91 Å². The van der Waals surface area contributed by atoms with E-state index in [-0.39, 0.29) is 29.7 Å². The largest absolute Gasteiger partial charge is 0.325 e. The number of carbonyl (C=O) groups is 2. The van der Waals surface area contributed by atoms with Crippen LogP contribution in [0.5, 0.6) is 0 Å². The van der Waals surface area contributed by atoms with Gasteiger partial charge >= 0.3 is 0 Å². The van der Waals surface area contributed by atoms with Crippen LogP contribution in [0.1, 0.15) is 15.9 Å². The molecule has 0 spiro atoms. The van der Waals surface area contributed by atoms with Gasteiger partial charge in [-0.2, -0.15) is 0 Å². The van der Waals surface area contributed by atoms with Crippen molar-refractivity contribution in [2.24, 2.45) is 0 Å². The zero-order valence-corrected chi connectivity index (χ0v) is 20.0. The summed E-state index contributed by atoms with van der Waals surface area (Å²) in [5.74, 6) is -0.635. The van der Waals surface area contributed by atoms with Crippen LogP contribution in [0.3, 0.4) is 0 Å². The molecule has 0 aliphatic rings. The number of rotatable bonds is 8. The Bertz CT molecular complexity index is 1480. The van der Waals surface area contributed by atoms with Gasteiger partial charge in [0.25, 0.3) is 11.5 Å². The number of aryl methyl sites for hydroxylation is 1. The van der Waals surface area contributed by atoms with Gasteiger partial charge in [0.1, 0.15) is 0 Å². The van der Waals surface area contributed by atoms with Gasteiger partial charge in [0.05, 0.1) is 27.9 Å². The van der Waals surface area contributed by atoms with Crippen LogP contribution in [0.2, 0.25) is 0 Å². The van der Waals surface area contributed by atoms with E-state index in [1.807, 2.05) is 37.3 Å². The quantitative estimate of drug-likeness (QED) is 0.211. The van der Waals surface area contributed by atoms with E-state index in [2.05, 4.69) is 22.2 Å². The first-order chi connectivity index (χ1) is 17.0. The maximum atomic E-state index is 12.9. The number of amides is 2. The van der Waals surface area contributed by atoms with Crippen molar-refractivity contribution in [2.75, 3.05) is 16.4 Å². The number of nitrogens with one attached hydrogen (secondary N) is 2. The normalized spacial score (nSPS) is 10.7. The fraction of sp³-hybridized carbons (Fsp3) is 0.111. The van der Waals surface area contributed by atoms with Gasteiger partial charge in [-0.3, -0.25) is 19.0 Å². The lowest BCUT2D eigenvalue weighted by Gasteiger charge is -2.13. The Kier molecular flexibility index (Phi) is 7.42. The molecule has 2 amide bonds. The molecule has 4 rings (SSSR count). The number of allylic oxidation sites excluding steroid dienone is 1. The summed E-state index contributed by atoms with van der Waals surface area (Å²) >= 11 is 1.15. The number of anilines is 2. The molecule has 3 aromatic carbocycles. The maximum Gasteiger partial charge on any atom is 0.262 e. The van der Waals surface area contributed by atoms with Crippen LogP contribution in [-0.4, -0.2) is 27.1 Å². The zero-order valence-electron chi connectivity index (χ0n) is 19.2. The second-order valence-electron chi connectivity index (χ2n) is 7.82. The number of benzene rings is 3. The minimum Gasteiger partial charge on any atom is -0.325 e. The van der Waals surface area contributed by atoms with E-state index < -0.39 is 0 Å². The molecule has 4 aromatic rings. The molecule has 0 saturated carbocycles. The second kappa shape index (κ2) is 10.8. The minimum atomic E-state index is -0.324. The van der Waals surface area contributed by atoms with E-state index in [9.17, 15) is 14.4 Å². The molecule has 0 aliphatic carbocycles. The Balaban J connectivity index is 1.50. The fourth-order valence-electron chi connectivity index (χ4n) is 3.58. The van der Waals surface area contributed by atoms with Crippen LogP contribution in [0.15, 0.2) is 95.4 Å². The minimum absolute atomic E-state index is 0.00968. The lowest BCUT2D eigenvalue weighted by Crippen LogP contribution is -2.24. The number of aromatic nitrogens is 2. The fourth-order valence-corrected chi connectivity index (χ4v) is 4.38. The van der Waals surface area contributed by atoms with Crippen LogP contribution in [0, 0.1) is 6.92 Å². The molecule has 176 valence electrons. The molecule has 0 bridgehead atoms. The molecular formula is C27H24N4O3S. The molecule has 7 nitrogen and oxygen atoms in total. The third-order valence-corrected chi connectivity index (χ3v) is 6.17. The highest BCUT2D eigenvalue weighted by atomic mass is 32.2. The van der Waals surface area contributed by atoms with Crippen LogP contribution < -0.4 is 16.2 Å². The Labute approximate surface area is 206 Å². The van der Waals surface area contributed by atoms with Gasteiger partial charge in [-0.05, 0) is 48.9 Å². The summed E-state index contributed by atoms with van der Waals surface area (Å²) in [6, 6.07) is 21.4. The molecule has 35 heavy (non-hydrogen) atoms. The summed E-state index contributed by atoms with van der Waals surface area (Å²) in [6.07, 6.45) is 1.62. The Morgan fingerprint density at radius 1 is 1.03 bits per heavy atom. The SMILES string of the molecule is C=CCn1c(SCC(=O)Nc2ccccc2C(=O)Nc2cccc(C)c2)nc2ccccc2c1=O. The molecular weight excluding hydrogens is 460 g/mol. The van der Waals surface area contributed by atoms with Crippen molar-refractivity contribution in [3.63, 3.8) is 0 Å². The first-order valence-electron chi connectivity index (χ1n) is 11.0. The number of carbonyl (C=O) groups excluding carboxylic acids is 2. The van der Waals surface area contributed by atoms with E-state index in [1.54, 1.807) is 48.5 Å². The summed E-state index contributed by atoms with van der Waals surface area (Å²) in [4.78, 5) is 43.1. The summed E-state index contributed by atoms with van der Waals surface area (Å²) in [5.41, 5.74) is 2.83. The second-order valence-corrected chi connectivity index (χ2v) is 8.76. The highest BCUT2D eigenvalue weighted by molar-refractivity contribution is 7.99. The summed E-state index contributed by atoms with van der Waals surface area (Å²) in [7, 11) is 0. The molecule has 0 atom stereocenters. The molecule has 8 heteroatoms. The van der Waals surface area contributed by atoms with Gasteiger partial charge in [0, 0.05) is 12.2 Å². The van der Waals surface area contributed by atoms with Crippen molar-refractivity contribution < 1.29 is 9.59 Å². The standard InChI is InChI=1S/C27H24N4O3S/c1-3-15-31-26(34)21-12-5-7-14-23(21)30-27(31)35-17-24(32)29-22-13-6-4-11-20(22)25(33)28-19-10-8-9-18(2)16-19/h3-14,16H,1,15,17H2,2H3,(H,28,33)(H,29,32). The van der Waals surface area contributed by atoms with E-state index in [0.29, 0.717) is 33.0 Å². The molecule has 1 aromatic heterocycles. The van der Waals surface area contributed by atoms with Crippen molar-refractivity contribution in [1.29, 1.82) is 0 Å². The average Bonchev–Trinajstić information content (AvgIpc) is 2.85. The maximum absolute atomic E-state index is 12.9. The van der Waals surface area contributed by atoms with Crippen LogP contribution in [-0.2, 0) is 11.3 Å². The molecule has 0 saturated heterocycles. The Morgan fingerprint density at radius 3 is 2.60 bits per heavy atom. The Morgan fingerprint density at radius 2 is 1.80 bits per heavy atom. The van der Waals surface area contributed by atoms with Crippen molar-refractivity contribution in [3.8, 4) is 0 Å². The number of nitrogens with zero attached hydrogens (tertiary/aromatic N) is 2. The lowest BCUT2D eigenvalue weighted by atomic mass is 10.1. The topological polar surface area (TPSA) is 93.1 Å². The van der Waals surface area contributed by atoms with Crippen LogP contribution in [0.4, 0.5) is 11.4 Å². The monoisotopic (exact) mass is 484 g/mol. The van der Waals surface area contributed by atoms with Crippen molar-refractivity contribution >= 4 is 45.9 Å². The number of thioether (sulfide) groups is 1. The predicted molar refractivity (Wildman–Crippen MR) is 141 cm³/mol. The lowest BCUT2D eigenvalue weighted by molar-refractivity contribution is -0.113. The molecule has 0 fully saturated rings. The Hall–Kier alpha value is -4.17. The van der Waals surface area contributed by atoms with Crippen LogP contribution in [0.25, 0.3) is 10.9 Å². The molecule has 0 radical (unpaired) electrons. The molecule has 1 heterocycles. The van der Waals surface area contributed by atoms with Crippen molar-refractivity contribution in [1.82, 2.24) is 9.55 Å². The van der Waals surface area contributed by atoms with Crippen molar-refractivity contribution in [3.05, 3.63) is 107 Å². The molecule has 0 aliphatic heterocycles. The number of para-hydroxylation sites is 2. The smallest absolute Gasteiger partial charge is 0.262 e. The van der Waals surface area contributed by atoms with Gasteiger partial charge in [-0.25, -0.2) is 4.98 Å². The third kappa shape index (κ3) is 5.67. The van der Waals surface area contributed by atoms with E-state index in [4.69, 9.17) is 0 Å². The molecule has 0 unspecified atom stereocenters. The number of hydrogen-bond acceptors (Lipinski definition) is 5. The van der Waals surface area contributed by atoms with Gasteiger partial charge < -0.3 is 10.6 Å². The van der Waals surface area contributed by atoms with Gasteiger partial charge in [-0.15, -0.1) is 6.58 Å². The first kappa shape index (κ1) is 24.0. The van der Waals surface area contributed by atoms with E-state index >= 15 is 0 Å². The van der Waals surface area contributed by atoms with E-state index in [1.165, 1.54) is 4.57 Å². The summed E-state index contributed by atoms with van der Waals surface area (Å²) in [5, 5.41) is 6.60. The number of fused-ring (bicyclic) bond motifs is 1. The summed E-state index contributed by atoms with van der Waals surface area (Å²) < 4.78 is 1.50. The van der Waals surface area contributed by atoms with Gasteiger partial charge in [0.15, 0.2) is 5.16 Å². The third-order valence-electron chi connectivity index (χ3n) is 5.19. The van der Waals surface area contributed by atoms with Crippen molar-refractivity contribution in [2.45, 2.75) is 18.6 Å².